The van der Waals surface area contributed by atoms with Crippen LogP contribution >= 0.6 is 0 Å². The minimum absolute atomic E-state index is 0.0278. The highest BCUT2D eigenvalue weighted by atomic mass is 16.6. The molecule has 1 heterocycles. The summed E-state index contributed by atoms with van der Waals surface area (Å²) in [4.78, 5) is 0. The van der Waals surface area contributed by atoms with Crippen molar-refractivity contribution in [3.05, 3.63) is 0 Å². The maximum absolute atomic E-state index is 9.42. The van der Waals surface area contributed by atoms with E-state index in [4.69, 9.17) is 29.9 Å². The average molecular weight is 298 g/mol. The van der Waals surface area contributed by atoms with Crippen LogP contribution in [0.5, 0.6) is 0 Å². The molecule has 0 unspecified atom stereocenters. The molecule has 1 aliphatic heterocycles. The van der Waals surface area contributed by atoms with Crippen molar-refractivity contribution < 1.29 is 39.7 Å². The Bertz CT molecular complexity index is 212. The van der Waals surface area contributed by atoms with Crippen LogP contribution in [0.15, 0.2) is 0 Å². The van der Waals surface area contributed by atoms with E-state index in [1.807, 2.05) is 0 Å². The molecule has 0 spiro atoms. The fourth-order valence-corrected chi connectivity index (χ4v) is 1.65. The second-order valence-electron chi connectivity index (χ2n) is 4.09. The van der Waals surface area contributed by atoms with E-state index in [9.17, 15) is 5.11 Å². The molecule has 1 aliphatic rings. The van der Waals surface area contributed by atoms with Gasteiger partial charge in [0.25, 0.3) is 0 Å². The van der Waals surface area contributed by atoms with Gasteiger partial charge >= 0.3 is 0 Å². The van der Waals surface area contributed by atoms with Crippen molar-refractivity contribution >= 4 is 0 Å². The smallest absolute Gasteiger partial charge is 0.114 e. The molecule has 0 aromatic heterocycles. The third kappa shape index (κ3) is 7.46. The van der Waals surface area contributed by atoms with Crippen molar-refractivity contribution in [2.45, 2.75) is 31.3 Å². The number of hydrogen-bond acceptors (Lipinski definition) is 8. The molecule has 4 atom stereocenters. The van der Waals surface area contributed by atoms with E-state index >= 15 is 0 Å². The lowest BCUT2D eigenvalue weighted by atomic mass is 10.1. The van der Waals surface area contributed by atoms with Crippen molar-refractivity contribution in [1.29, 1.82) is 0 Å². The molecule has 0 aromatic rings. The molecule has 5 N–H and O–H groups in total. The normalized spacial score (nSPS) is 27.0. The van der Waals surface area contributed by atoms with Crippen LogP contribution < -0.4 is 0 Å². The first-order valence-electron chi connectivity index (χ1n) is 6.61. The zero-order valence-corrected chi connectivity index (χ0v) is 11.7. The monoisotopic (exact) mass is 298 g/mol. The number of rotatable bonds is 8. The van der Waals surface area contributed by atoms with Crippen LogP contribution in [0.25, 0.3) is 0 Å². The van der Waals surface area contributed by atoms with Gasteiger partial charge in [0.05, 0.1) is 39.6 Å². The maximum Gasteiger partial charge on any atom is 0.114 e. The fraction of sp³-hybridized carbons (Fsp3) is 1.00. The average Bonchev–Trinajstić information content (AvgIpc) is 2.78. The van der Waals surface area contributed by atoms with Crippen LogP contribution in [-0.2, 0) is 14.2 Å². The molecule has 1 saturated heterocycles. The lowest BCUT2D eigenvalue weighted by Crippen LogP contribution is -2.42. The summed E-state index contributed by atoms with van der Waals surface area (Å²) in [5, 5.41) is 43.7. The topological polar surface area (TPSA) is 129 Å². The quantitative estimate of drug-likeness (QED) is 0.311. The van der Waals surface area contributed by atoms with E-state index in [0.717, 1.165) is 0 Å². The molecule has 8 nitrogen and oxygen atoms in total. The summed E-state index contributed by atoms with van der Waals surface area (Å²) in [6, 6.07) is 0. The summed E-state index contributed by atoms with van der Waals surface area (Å²) in [6.07, 6.45) is -3.03. The molecule has 0 bridgehead atoms. The molecule has 122 valence electrons. The minimum atomic E-state index is -0.969. The van der Waals surface area contributed by atoms with Gasteiger partial charge in [0.2, 0.25) is 0 Å². The largest absolute Gasteiger partial charge is 0.394 e. The zero-order chi connectivity index (χ0) is 15.4. The fourth-order valence-electron chi connectivity index (χ4n) is 1.65. The van der Waals surface area contributed by atoms with E-state index in [1.165, 1.54) is 0 Å². The Kier molecular flexibility index (Phi) is 12.2. The molecular weight excluding hydrogens is 272 g/mol. The lowest BCUT2D eigenvalue weighted by molar-refractivity contribution is -0.0976. The van der Waals surface area contributed by atoms with Gasteiger partial charge in [-0.2, -0.15) is 0 Å². The van der Waals surface area contributed by atoms with Crippen molar-refractivity contribution in [2.75, 3.05) is 46.2 Å². The Morgan fingerprint density at radius 2 is 1.75 bits per heavy atom. The Morgan fingerprint density at radius 3 is 2.10 bits per heavy atom. The molecule has 0 radical (unpaired) electrons. The van der Waals surface area contributed by atoms with E-state index in [1.54, 1.807) is 6.92 Å². The summed E-state index contributed by atoms with van der Waals surface area (Å²) in [5.41, 5.74) is 0. The number of aliphatic hydroxyl groups is 5. The summed E-state index contributed by atoms with van der Waals surface area (Å²) in [6.45, 7) is 2.80. The molecule has 0 aromatic carbocycles. The molecule has 0 aliphatic carbocycles. The van der Waals surface area contributed by atoms with Crippen LogP contribution in [0, 0.1) is 0 Å². The van der Waals surface area contributed by atoms with Crippen LogP contribution in [0.2, 0.25) is 0 Å². The summed E-state index contributed by atoms with van der Waals surface area (Å²) in [7, 11) is 0. The molecule has 20 heavy (non-hydrogen) atoms. The predicted molar refractivity (Wildman–Crippen MR) is 69.2 cm³/mol. The molecular formula is C12H26O8. The Labute approximate surface area is 118 Å². The highest BCUT2D eigenvalue weighted by Gasteiger charge is 2.39. The van der Waals surface area contributed by atoms with E-state index in [0.29, 0.717) is 19.8 Å². The van der Waals surface area contributed by atoms with Crippen molar-refractivity contribution in [1.82, 2.24) is 0 Å². The van der Waals surface area contributed by atoms with E-state index in [2.05, 4.69) is 4.74 Å². The number of aliphatic hydroxyl groups excluding tert-OH is 5. The first-order chi connectivity index (χ1) is 9.62. The maximum atomic E-state index is 9.42. The highest BCUT2D eigenvalue weighted by Crippen LogP contribution is 2.19. The molecule has 1 fully saturated rings. The summed E-state index contributed by atoms with van der Waals surface area (Å²) < 4.78 is 14.9. The molecule has 0 amide bonds. The van der Waals surface area contributed by atoms with Gasteiger partial charge in [-0.1, -0.05) is 0 Å². The van der Waals surface area contributed by atoms with E-state index in [-0.39, 0.29) is 26.4 Å². The summed E-state index contributed by atoms with van der Waals surface area (Å²) in [5.74, 6) is 0. The van der Waals surface area contributed by atoms with Gasteiger partial charge in [0, 0.05) is 6.61 Å². The molecule has 8 heteroatoms. The van der Waals surface area contributed by atoms with Crippen molar-refractivity contribution in [3.8, 4) is 0 Å². The van der Waals surface area contributed by atoms with Gasteiger partial charge in [-0.05, 0) is 6.92 Å². The third-order valence-electron chi connectivity index (χ3n) is 2.59. The third-order valence-corrected chi connectivity index (χ3v) is 2.59. The molecule has 0 saturated carbocycles. The second kappa shape index (κ2) is 12.4. The lowest BCUT2D eigenvalue weighted by Gasteiger charge is -2.23. The SMILES string of the molecule is CCO[C@H](CO)[C@H]1OC[C@H](O)[C@H]1O.OCCOCCO. The number of ether oxygens (including phenoxy) is 3. The first kappa shape index (κ1) is 19.7. The Balaban J connectivity index is 0.000000441. The predicted octanol–water partition coefficient (Wildman–Crippen LogP) is -2.51. The van der Waals surface area contributed by atoms with Gasteiger partial charge in [-0.25, -0.2) is 0 Å². The Morgan fingerprint density at radius 1 is 1.15 bits per heavy atom. The standard InChI is InChI=1S/C8H16O5.C4H10O3/c1-2-12-6(3-9)8-7(11)5(10)4-13-8;5-1-3-7-4-2-6/h5-11H,2-4H2,1H3;5-6H,1-4H2/t5-,6+,7+,8+;/m0./s1. The van der Waals surface area contributed by atoms with Crippen molar-refractivity contribution in [3.63, 3.8) is 0 Å². The first-order valence-corrected chi connectivity index (χ1v) is 6.61. The molecule has 1 rings (SSSR count). The van der Waals surface area contributed by atoms with E-state index < -0.39 is 24.4 Å². The van der Waals surface area contributed by atoms with Crippen molar-refractivity contribution in [2.24, 2.45) is 0 Å². The van der Waals surface area contributed by atoms with Crippen LogP contribution in [0.4, 0.5) is 0 Å². The van der Waals surface area contributed by atoms with Crippen LogP contribution in [0.1, 0.15) is 6.92 Å². The summed E-state index contributed by atoms with van der Waals surface area (Å²) >= 11 is 0. The second-order valence-corrected chi connectivity index (χ2v) is 4.09. The van der Waals surface area contributed by atoms with Gasteiger partial charge in [0.15, 0.2) is 0 Å². The Hall–Kier alpha value is -0.320. The minimum Gasteiger partial charge on any atom is -0.394 e. The zero-order valence-electron chi connectivity index (χ0n) is 11.7. The van der Waals surface area contributed by atoms with Crippen LogP contribution in [-0.4, -0.2) is 96.2 Å². The number of hydrogen-bond donors (Lipinski definition) is 5. The van der Waals surface area contributed by atoms with Gasteiger partial charge in [0.1, 0.15) is 24.4 Å². The van der Waals surface area contributed by atoms with Gasteiger partial charge in [-0.3, -0.25) is 0 Å². The van der Waals surface area contributed by atoms with Gasteiger partial charge < -0.3 is 39.7 Å². The van der Waals surface area contributed by atoms with Gasteiger partial charge in [-0.15, -0.1) is 0 Å². The van der Waals surface area contributed by atoms with Crippen LogP contribution in [0.3, 0.4) is 0 Å². The highest BCUT2D eigenvalue weighted by molar-refractivity contribution is 4.88.